The summed E-state index contributed by atoms with van der Waals surface area (Å²) in [7, 11) is 0. The van der Waals surface area contributed by atoms with Crippen LogP contribution in [0.25, 0.3) is 10.9 Å². The van der Waals surface area contributed by atoms with Crippen molar-refractivity contribution in [3.05, 3.63) is 41.6 Å². The molecule has 0 N–H and O–H groups in total. The highest BCUT2D eigenvalue weighted by Crippen LogP contribution is 2.31. The number of nitriles is 1. The van der Waals surface area contributed by atoms with E-state index in [-0.39, 0.29) is 5.52 Å². The molecule has 0 unspecified atom stereocenters. The first-order valence-corrected chi connectivity index (χ1v) is 4.39. The van der Waals surface area contributed by atoms with Crippen molar-refractivity contribution in [3.63, 3.8) is 0 Å². The maximum atomic E-state index is 12.5. The van der Waals surface area contributed by atoms with Gasteiger partial charge in [0.25, 0.3) is 0 Å². The summed E-state index contributed by atoms with van der Waals surface area (Å²) in [6.07, 6.45) is -4.60. The molecule has 0 aliphatic rings. The Bertz CT molecular complexity index is 582. The lowest BCUT2D eigenvalue weighted by atomic mass is 10.1. The van der Waals surface area contributed by atoms with Crippen LogP contribution in [-0.2, 0) is 6.18 Å². The van der Waals surface area contributed by atoms with Gasteiger partial charge in [0, 0.05) is 5.39 Å². The molecule has 0 fully saturated rings. The first-order chi connectivity index (χ1) is 7.52. The van der Waals surface area contributed by atoms with Crippen LogP contribution in [0.3, 0.4) is 0 Å². The molecule has 2 rings (SSSR count). The zero-order valence-electron chi connectivity index (χ0n) is 7.92. The monoisotopic (exact) mass is 222 g/mol. The summed E-state index contributed by atoms with van der Waals surface area (Å²) >= 11 is 0. The normalized spacial score (nSPS) is 11.4. The molecule has 2 nitrogen and oxygen atoms in total. The Kier molecular flexibility index (Phi) is 2.27. The van der Waals surface area contributed by atoms with Crippen LogP contribution in [-0.4, -0.2) is 4.98 Å². The molecule has 0 saturated carbocycles. The second kappa shape index (κ2) is 3.49. The lowest BCUT2D eigenvalue weighted by Gasteiger charge is -2.08. The minimum atomic E-state index is -4.60. The minimum Gasteiger partial charge on any atom is -0.242 e. The second-order valence-corrected chi connectivity index (χ2v) is 3.19. The van der Waals surface area contributed by atoms with Crippen LogP contribution in [0.4, 0.5) is 13.2 Å². The van der Waals surface area contributed by atoms with E-state index in [9.17, 15) is 13.2 Å². The van der Waals surface area contributed by atoms with E-state index in [1.165, 1.54) is 18.2 Å². The van der Waals surface area contributed by atoms with Gasteiger partial charge in [-0.2, -0.15) is 18.4 Å². The Balaban J connectivity index is 2.79. The van der Waals surface area contributed by atoms with Gasteiger partial charge >= 0.3 is 6.18 Å². The van der Waals surface area contributed by atoms with Crippen molar-refractivity contribution in [2.75, 3.05) is 0 Å². The summed E-state index contributed by atoms with van der Waals surface area (Å²) in [4.78, 5) is 3.47. The number of para-hydroxylation sites is 1. The molecule has 0 spiro atoms. The fourth-order valence-corrected chi connectivity index (χ4v) is 1.42. The molecule has 1 aromatic heterocycles. The predicted octanol–water partition coefficient (Wildman–Crippen LogP) is 3.13. The third-order valence-corrected chi connectivity index (χ3v) is 2.11. The van der Waals surface area contributed by atoms with Gasteiger partial charge in [0.2, 0.25) is 0 Å². The molecule has 0 aliphatic carbocycles. The first-order valence-electron chi connectivity index (χ1n) is 4.39. The van der Waals surface area contributed by atoms with Gasteiger partial charge in [-0.3, -0.25) is 0 Å². The maximum Gasteiger partial charge on any atom is 0.434 e. The minimum absolute atomic E-state index is 0.230. The van der Waals surface area contributed by atoms with Crippen molar-refractivity contribution in [1.82, 2.24) is 4.98 Å². The van der Waals surface area contributed by atoms with Crippen molar-refractivity contribution in [2.45, 2.75) is 6.18 Å². The fraction of sp³-hybridized carbons (Fsp3) is 0.0909. The van der Waals surface area contributed by atoms with E-state index in [0.717, 1.165) is 0 Å². The summed E-state index contributed by atoms with van der Waals surface area (Å²) in [5.41, 5.74) is -1.35. The van der Waals surface area contributed by atoms with E-state index in [1.54, 1.807) is 18.2 Å². The molecule has 0 amide bonds. The predicted molar refractivity (Wildman–Crippen MR) is 51.5 cm³/mol. The first kappa shape index (κ1) is 10.4. The molecule has 0 bridgehead atoms. The van der Waals surface area contributed by atoms with Gasteiger partial charge in [-0.05, 0) is 12.1 Å². The van der Waals surface area contributed by atoms with Gasteiger partial charge in [-0.1, -0.05) is 18.2 Å². The number of alkyl halides is 3. The fourth-order valence-electron chi connectivity index (χ4n) is 1.42. The number of halogens is 3. The second-order valence-electron chi connectivity index (χ2n) is 3.19. The number of nitrogens with zero attached hydrogens (tertiary/aromatic N) is 2. The van der Waals surface area contributed by atoms with Gasteiger partial charge in [0.15, 0.2) is 5.69 Å². The van der Waals surface area contributed by atoms with Crippen LogP contribution < -0.4 is 0 Å². The number of pyridine rings is 1. The van der Waals surface area contributed by atoms with Crippen molar-refractivity contribution >= 4 is 10.9 Å². The molecule has 16 heavy (non-hydrogen) atoms. The largest absolute Gasteiger partial charge is 0.434 e. The molecule has 1 aromatic carbocycles. The smallest absolute Gasteiger partial charge is 0.242 e. The average molecular weight is 222 g/mol. The Labute approximate surface area is 89.0 Å². The van der Waals surface area contributed by atoms with Crippen molar-refractivity contribution in [3.8, 4) is 6.07 Å². The summed E-state index contributed by atoms with van der Waals surface area (Å²) in [5.74, 6) is 0. The zero-order chi connectivity index (χ0) is 11.8. The molecular formula is C11H5F3N2. The van der Waals surface area contributed by atoms with E-state index < -0.39 is 17.4 Å². The highest BCUT2D eigenvalue weighted by molar-refractivity contribution is 5.80. The Morgan fingerprint density at radius 3 is 2.50 bits per heavy atom. The van der Waals surface area contributed by atoms with Gasteiger partial charge in [0.1, 0.15) is 6.07 Å². The van der Waals surface area contributed by atoms with Crippen molar-refractivity contribution in [1.29, 1.82) is 5.26 Å². The SMILES string of the molecule is N#Cc1cc2ccccc2nc1C(F)(F)F. The van der Waals surface area contributed by atoms with Gasteiger partial charge in [-0.25, -0.2) is 4.98 Å². The Morgan fingerprint density at radius 2 is 1.88 bits per heavy atom. The average Bonchev–Trinajstić information content (AvgIpc) is 2.26. The van der Waals surface area contributed by atoms with Crippen LogP contribution in [0.2, 0.25) is 0 Å². The molecule has 1 heterocycles. The Hall–Kier alpha value is -2.09. The Morgan fingerprint density at radius 1 is 1.19 bits per heavy atom. The number of rotatable bonds is 0. The summed E-state index contributed by atoms with van der Waals surface area (Å²) in [5, 5.41) is 9.17. The molecule has 80 valence electrons. The summed E-state index contributed by atoms with van der Waals surface area (Å²) < 4.78 is 37.6. The number of hydrogen-bond donors (Lipinski definition) is 0. The maximum absolute atomic E-state index is 12.5. The molecular weight excluding hydrogens is 217 g/mol. The number of hydrogen-bond acceptors (Lipinski definition) is 2. The molecule has 2 aromatic rings. The number of aromatic nitrogens is 1. The lowest BCUT2D eigenvalue weighted by molar-refractivity contribution is -0.141. The van der Waals surface area contributed by atoms with Crippen LogP contribution >= 0.6 is 0 Å². The molecule has 5 heteroatoms. The van der Waals surface area contributed by atoms with Crippen LogP contribution in [0.1, 0.15) is 11.3 Å². The van der Waals surface area contributed by atoms with Crippen molar-refractivity contribution < 1.29 is 13.2 Å². The third kappa shape index (κ3) is 1.70. The van der Waals surface area contributed by atoms with E-state index >= 15 is 0 Å². The van der Waals surface area contributed by atoms with Crippen LogP contribution in [0.5, 0.6) is 0 Å². The molecule has 0 radical (unpaired) electrons. The van der Waals surface area contributed by atoms with Crippen molar-refractivity contribution in [2.24, 2.45) is 0 Å². The van der Waals surface area contributed by atoms with Gasteiger partial charge in [0.05, 0.1) is 11.1 Å². The quantitative estimate of drug-likeness (QED) is 0.686. The van der Waals surface area contributed by atoms with Gasteiger partial charge in [-0.15, -0.1) is 0 Å². The molecule has 0 saturated heterocycles. The van der Waals surface area contributed by atoms with Gasteiger partial charge < -0.3 is 0 Å². The summed E-state index contributed by atoms with van der Waals surface area (Å²) in [6.45, 7) is 0. The topological polar surface area (TPSA) is 36.7 Å². The highest BCUT2D eigenvalue weighted by atomic mass is 19.4. The summed E-state index contributed by atoms with van der Waals surface area (Å²) in [6, 6.07) is 9.08. The lowest BCUT2D eigenvalue weighted by Crippen LogP contribution is -2.10. The third-order valence-electron chi connectivity index (χ3n) is 2.11. The van der Waals surface area contributed by atoms with E-state index in [4.69, 9.17) is 5.26 Å². The number of benzene rings is 1. The highest BCUT2D eigenvalue weighted by Gasteiger charge is 2.35. The van der Waals surface area contributed by atoms with E-state index in [0.29, 0.717) is 5.39 Å². The number of fused-ring (bicyclic) bond motifs is 1. The standard InChI is InChI=1S/C11H5F3N2/c12-11(13,14)10-8(6-15)5-7-3-1-2-4-9(7)16-10/h1-5H. The molecule has 0 atom stereocenters. The van der Waals surface area contributed by atoms with Crippen LogP contribution in [0, 0.1) is 11.3 Å². The van der Waals surface area contributed by atoms with Crippen LogP contribution in [0.15, 0.2) is 30.3 Å². The van der Waals surface area contributed by atoms with E-state index in [2.05, 4.69) is 4.98 Å². The molecule has 0 aliphatic heterocycles. The zero-order valence-corrected chi connectivity index (χ0v) is 7.92. The van der Waals surface area contributed by atoms with E-state index in [1.807, 2.05) is 0 Å².